The molecule has 0 aliphatic carbocycles. The van der Waals surface area contributed by atoms with Crippen molar-refractivity contribution in [3.05, 3.63) is 69.9 Å². The van der Waals surface area contributed by atoms with Crippen LogP contribution in [0.5, 0.6) is 0 Å². The highest BCUT2D eigenvalue weighted by Gasteiger charge is 2.08. The van der Waals surface area contributed by atoms with Gasteiger partial charge in [0.2, 0.25) is 0 Å². The SMILES string of the molecule is Fc1ccc(Br)cc1CCCC(Br)c1ccccc1. The Labute approximate surface area is 130 Å². The minimum atomic E-state index is -0.117. The van der Waals surface area contributed by atoms with Crippen molar-refractivity contribution in [1.29, 1.82) is 0 Å². The third-order valence-corrected chi connectivity index (χ3v) is 4.55. The summed E-state index contributed by atoms with van der Waals surface area (Å²) in [5.41, 5.74) is 2.05. The molecule has 0 bridgehead atoms. The Morgan fingerprint density at radius 2 is 1.79 bits per heavy atom. The second-order valence-corrected chi connectivity index (χ2v) is 6.53. The summed E-state index contributed by atoms with van der Waals surface area (Å²) in [6.45, 7) is 0. The normalized spacial score (nSPS) is 12.4. The van der Waals surface area contributed by atoms with E-state index in [4.69, 9.17) is 0 Å². The molecule has 0 N–H and O–H groups in total. The molecule has 0 saturated carbocycles. The maximum absolute atomic E-state index is 13.6. The Bertz CT molecular complexity index is 526. The lowest BCUT2D eigenvalue weighted by molar-refractivity contribution is 0.599. The lowest BCUT2D eigenvalue weighted by atomic mass is 10.0. The molecule has 0 heterocycles. The molecule has 19 heavy (non-hydrogen) atoms. The van der Waals surface area contributed by atoms with E-state index in [1.807, 2.05) is 24.3 Å². The quantitative estimate of drug-likeness (QED) is 0.549. The topological polar surface area (TPSA) is 0 Å². The van der Waals surface area contributed by atoms with E-state index in [1.54, 1.807) is 6.07 Å². The van der Waals surface area contributed by atoms with Crippen LogP contribution in [-0.2, 0) is 6.42 Å². The first-order chi connectivity index (χ1) is 9.16. The summed E-state index contributed by atoms with van der Waals surface area (Å²) in [5, 5.41) is 0. The van der Waals surface area contributed by atoms with Crippen molar-refractivity contribution < 1.29 is 4.39 Å². The third kappa shape index (κ3) is 4.43. The van der Waals surface area contributed by atoms with Crippen molar-refractivity contribution >= 4 is 31.9 Å². The van der Waals surface area contributed by atoms with Gasteiger partial charge >= 0.3 is 0 Å². The first-order valence-electron chi connectivity index (χ1n) is 6.30. The number of benzene rings is 2. The lowest BCUT2D eigenvalue weighted by Crippen LogP contribution is -1.94. The Balaban J connectivity index is 1.88. The van der Waals surface area contributed by atoms with E-state index in [0.717, 1.165) is 29.3 Å². The van der Waals surface area contributed by atoms with Gasteiger partial charge in [0.25, 0.3) is 0 Å². The molecule has 0 fully saturated rings. The molecule has 0 aromatic heterocycles. The third-order valence-electron chi connectivity index (χ3n) is 3.07. The fourth-order valence-electron chi connectivity index (χ4n) is 2.04. The van der Waals surface area contributed by atoms with Gasteiger partial charge in [-0.1, -0.05) is 62.2 Å². The van der Waals surface area contributed by atoms with Crippen LogP contribution in [0.1, 0.15) is 28.8 Å². The number of hydrogen-bond donors (Lipinski definition) is 0. The predicted octanol–water partition coefficient (Wildman–Crippen LogP) is 6.05. The van der Waals surface area contributed by atoms with E-state index < -0.39 is 0 Å². The van der Waals surface area contributed by atoms with Gasteiger partial charge in [-0.25, -0.2) is 4.39 Å². The number of rotatable bonds is 5. The van der Waals surface area contributed by atoms with Crippen molar-refractivity contribution in [2.45, 2.75) is 24.1 Å². The zero-order chi connectivity index (χ0) is 13.7. The van der Waals surface area contributed by atoms with Crippen LogP contribution in [0.4, 0.5) is 4.39 Å². The van der Waals surface area contributed by atoms with Crippen LogP contribution in [0.2, 0.25) is 0 Å². The molecule has 2 aromatic rings. The number of alkyl halides is 1. The molecule has 1 unspecified atom stereocenters. The number of aryl methyl sites for hydroxylation is 1. The van der Waals surface area contributed by atoms with Gasteiger partial charge in [0.1, 0.15) is 5.82 Å². The number of halogens is 3. The maximum atomic E-state index is 13.6. The van der Waals surface area contributed by atoms with Gasteiger partial charge < -0.3 is 0 Å². The highest BCUT2D eigenvalue weighted by atomic mass is 79.9. The van der Waals surface area contributed by atoms with Crippen molar-refractivity contribution in [2.24, 2.45) is 0 Å². The zero-order valence-electron chi connectivity index (χ0n) is 10.5. The van der Waals surface area contributed by atoms with Gasteiger partial charge in [-0.2, -0.15) is 0 Å². The van der Waals surface area contributed by atoms with E-state index in [9.17, 15) is 4.39 Å². The monoisotopic (exact) mass is 384 g/mol. The summed E-state index contributed by atoms with van der Waals surface area (Å²) < 4.78 is 14.5. The van der Waals surface area contributed by atoms with Gasteiger partial charge in [-0.3, -0.25) is 0 Å². The fraction of sp³-hybridized carbons (Fsp3) is 0.250. The first-order valence-corrected chi connectivity index (χ1v) is 8.00. The van der Waals surface area contributed by atoms with Crippen molar-refractivity contribution in [3.8, 4) is 0 Å². The van der Waals surface area contributed by atoms with Crippen molar-refractivity contribution in [1.82, 2.24) is 0 Å². The molecule has 100 valence electrons. The molecular formula is C16H15Br2F. The van der Waals surface area contributed by atoms with Crippen molar-refractivity contribution in [3.63, 3.8) is 0 Å². The van der Waals surface area contributed by atoms with Crippen molar-refractivity contribution in [2.75, 3.05) is 0 Å². The molecule has 0 saturated heterocycles. The molecule has 0 aliphatic heterocycles. The van der Waals surface area contributed by atoms with Crippen LogP contribution in [0.25, 0.3) is 0 Å². The Morgan fingerprint density at radius 3 is 2.53 bits per heavy atom. The molecule has 2 rings (SSSR count). The fourth-order valence-corrected chi connectivity index (χ4v) is 3.07. The van der Waals surface area contributed by atoms with Crippen LogP contribution in [0.3, 0.4) is 0 Å². The standard InChI is InChI=1S/C16H15Br2F/c17-14-9-10-16(19)13(11-14)7-4-8-15(18)12-5-2-1-3-6-12/h1-3,5-6,9-11,15H,4,7-8H2. The lowest BCUT2D eigenvalue weighted by Gasteiger charge is -2.10. The van der Waals surface area contributed by atoms with Gasteiger partial charge in [-0.05, 0) is 48.6 Å². The van der Waals surface area contributed by atoms with E-state index >= 15 is 0 Å². The predicted molar refractivity (Wildman–Crippen MR) is 85.1 cm³/mol. The summed E-state index contributed by atoms with van der Waals surface area (Å²) in [6, 6.07) is 15.4. The average Bonchev–Trinajstić information content (AvgIpc) is 2.43. The highest BCUT2D eigenvalue weighted by molar-refractivity contribution is 9.10. The molecule has 3 heteroatoms. The van der Waals surface area contributed by atoms with Crippen LogP contribution < -0.4 is 0 Å². The van der Waals surface area contributed by atoms with Gasteiger partial charge in [0.15, 0.2) is 0 Å². The van der Waals surface area contributed by atoms with Crippen LogP contribution in [-0.4, -0.2) is 0 Å². The number of hydrogen-bond acceptors (Lipinski definition) is 0. The molecule has 1 atom stereocenters. The highest BCUT2D eigenvalue weighted by Crippen LogP contribution is 2.28. The molecule has 0 amide bonds. The minimum Gasteiger partial charge on any atom is -0.207 e. The Hall–Kier alpha value is -0.670. The largest absolute Gasteiger partial charge is 0.207 e. The Morgan fingerprint density at radius 1 is 1.05 bits per heavy atom. The maximum Gasteiger partial charge on any atom is 0.126 e. The molecule has 0 aliphatic rings. The van der Waals surface area contributed by atoms with Gasteiger partial charge in [0, 0.05) is 9.30 Å². The van der Waals surface area contributed by atoms with E-state index in [1.165, 1.54) is 11.6 Å². The summed E-state index contributed by atoms with van der Waals surface area (Å²) in [4.78, 5) is 0.337. The summed E-state index contributed by atoms with van der Waals surface area (Å²) in [5.74, 6) is -0.117. The summed E-state index contributed by atoms with van der Waals surface area (Å²) in [7, 11) is 0. The van der Waals surface area contributed by atoms with Gasteiger partial charge in [-0.15, -0.1) is 0 Å². The zero-order valence-corrected chi connectivity index (χ0v) is 13.6. The minimum absolute atomic E-state index is 0.117. The molecular weight excluding hydrogens is 371 g/mol. The van der Waals surface area contributed by atoms with Crippen LogP contribution >= 0.6 is 31.9 Å². The molecule has 2 aromatic carbocycles. The van der Waals surface area contributed by atoms with E-state index in [2.05, 4.69) is 44.0 Å². The smallest absolute Gasteiger partial charge is 0.126 e. The van der Waals surface area contributed by atoms with Crippen LogP contribution in [0.15, 0.2) is 53.0 Å². The molecule has 0 nitrogen and oxygen atoms in total. The summed E-state index contributed by atoms with van der Waals surface area (Å²) in [6.07, 6.45) is 2.72. The second-order valence-electron chi connectivity index (χ2n) is 4.51. The van der Waals surface area contributed by atoms with E-state index in [0.29, 0.717) is 4.83 Å². The van der Waals surface area contributed by atoms with E-state index in [-0.39, 0.29) is 5.82 Å². The molecule has 0 radical (unpaired) electrons. The summed E-state index contributed by atoms with van der Waals surface area (Å²) >= 11 is 7.07. The first kappa shape index (κ1) is 14.7. The Kier molecular flexibility index (Phi) is 5.59. The van der Waals surface area contributed by atoms with Gasteiger partial charge in [0.05, 0.1) is 0 Å². The average molecular weight is 386 g/mol. The molecule has 0 spiro atoms. The second kappa shape index (κ2) is 7.20. The van der Waals surface area contributed by atoms with Crippen LogP contribution in [0, 0.1) is 5.82 Å².